The van der Waals surface area contributed by atoms with Crippen molar-refractivity contribution in [1.29, 1.82) is 0 Å². The van der Waals surface area contributed by atoms with E-state index in [1.807, 2.05) is 25.8 Å². The smallest absolute Gasteiger partial charge is 0.245 e. The molecule has 0 N–H and O–H groups in total. The molecule has 4 fully saturated rings. The van der Waals surface area contributed by atoms with Gasteiger partial charge in [-0.3, -0.25) is 9.59 Å². The third-order valence-electron chi connectivity index (χ3n) is 12.4. The normalized spacial score (nSPS) is 42.6. The molecule has 5 aliphatic rings. The van der Waals surface area contributed by atoms with Gasteiger partial charge in [-0.05, 0) is 106 Å². The quantitative estimate of drug-likeness (QED) is 0.501. The summed E-state index contributed by atoms with van der Waals surface area (Å²) in [5.74, 6) is 3.62. The fourth-order valence-electron chi connectivity index (χ4n) is 10.3. The van der Waals surface area contributed by atoms with Crippen molar-refractivity contribution in [3.8, 4) is 0 Å². The summed E-state index contributed by atoms with van der Waals surface area (Å²) in [6.45, 7) is 12.0. The van der Waals surface area contributed by atoms with E-state index in [1.54, 1.807) is 24.4 Å². The number of likely N-dealkylation sites (tertiary alicyclic amines) is 1. The Morgan fingerprint density at radius 3 is 2.42 bits per heavy atom. The third kappa shape index (κ3) is 3.73. The van der Waals surface area contributed by atoms with Gasteiger partial charge < -0.3 is 14.7 Å². The molecule has 0 aromatic heterocycles. The molecule has 0 aromatic rings. The summed E-state index contributed by atoms with van der Waals surface area (Å²) in [5.41, 5.74) is 2.51. The van der Waals surface area contributed by atoms with Crippen molar-refractivity contribution in [2.75, 3.05) is 27.7 Å². The van der Waals surface area contributed by atoms with Crippen LogP contribution in [0.2, 0.25) is 0 Å². The van der Waals surface area contributed by atoms with E-state index in [2.05, 4.69) is 31.9 Å². The maximum Gasteiger partial charge on any atom is 0.245 e. The van der Waals surface area contributed by atoms with E-state index in [0.717, 1.165) is 42.6 Å². The molecule has 0 aromatic carbocycles. The zero-order chi connectivity index (χ0) is 26.2. The van der Waals surface area contributed by atoms with Gasteiger partial charge in [0.15, 0.2) is 0 Å². The zero-order valence-corrected chi connectivity index (χ0v) is 24.2. The van der Waals surface area contributed by atoms with Crippen LogP contribution in [0.25, 0.3) is 0 Å². The summed E-state index contributed by atoms with van der Waals surface area (Å²) in [4.78, 5) is 32.0. The highest BCUT2D eigenvalue weighted by molar-refractivity contribution is 5.87. The van der Waals surface area contributed by atoms with Crippen LogP contribution in [-0.2, 0) is 9.59 Å². The first-order valence-corrected chi connectivity index (χ1v) is 14.8. The Balaban J connectivity index is 1.33. The first kappa shape index (κ1) is 26.3. The number of allylic oxidation sites excluding steroid dienone is 1. The van der Waals surface area contributed by atoms with Gasteiger partial charge in [0.25, 0.3) is 0 Å². The van der Waals surface area contributed by atoms with Gasteiger partial charge in [-0.15, -0.1) is 0 Å². The van der Waals surface area contributed by atoms with Gasteiger partial charge in [-0.2, -0.15) is 0 Å². The lowest BCUT2D eigenvalue weighted by Gasteiger charge is -2.58. The van der Waals surface area contributed by atoms with Gasteiger partial charge >= 0.3 is 0 Å². The van der Waals surface area contributed by atoms with Crippen LogP contribution < -0.4 is 0 Å². The number of likely N-dealkylation sites (N-methyl/N-ethyl adjacent to an activating group) is 2. The second-order valence-corrected chi connectivity index (χ2v) is 14.0. The first-order chi connectivity index (χ1) is 16.9. The molecule has 5 rings (SSSR count). The fourth-order valence-corrected chi connectivity index (χ4v) is 10.3. The molecule has 1 saturated heterocycles. The van der Waals surface area contributed by atoms with Gasteiger partial charge in [0.2, 0.25) is 11.8 Å². The summed E-state index contributed by atoms with van der Waals surface area (Å²) in [6.07, 6.45) is 12.9. The number of carbonyl (C=O) groups excluding carboxylic acids is 2. The summed E-state index contributed by atoms with van der Waals surface area (Å²) in [6, 6.07) is 0.601. The molecule has 5 heteroatoms. The zero-order valence-electron chi connectivity index (χ0n) is 24.2. The highest BCUT2D eigenvalue weighted by atomic mass is 16.2. The minimum atomic E-state index is -0.387. The monoisotopic (exact) mass is 497 g/mol. The SMILES string of the molecule is CC(=O)N(C)[C@@H](C(=O)N(C)[C@H]1CC[C@@]2(C)C(=CC[C@@H]3C2CC[C@]24CN(C)[C@@H](C)[C@H]2CC[C@@H]34)C1)C(C)C. The second-order valence-electron chi connectivity index (χ2n) is 14.0. The maximum absolute atomic E-state index is 13.6. The average Bonchev–Trinajstić information content (AvgIpc) is 3.31. The van der Waals surface area contributed by atoms with Crippen LogP contribution in [0.3, 0.4) is 0 Å². The van der Waals surface area contributed by atoms with Crippen LogP contribution in [0.5, 0.6) is 0 Å². The molecule has 1 spiro atoms. The van der Waals surface area contributed by atoms with E-state index in [-0.39, 0.29) is 29.8 Å². The molecule has 0 radical (unpaired) electrons. The third-order valence-corrected chi connectivity index (χ3v) is 12.4. The molecular weight excluding hydrogens is 446 g/mol. The van der Waals surface area contributed by atoms with Crippen molar-refractivity contribution in [2.45, 2.75) is 104 Å². The number of rotatable bonds is 4. The van der Waals surface area contributed by atoms with Crippen LogP contribution in [0.15, 0.2) is 11.6 Å². The molecule has 0 bridgehead atoms. The van der Waals surface area contributed by atoms with Gasteiger partial charge in [0.1, 0.15) is 6.04 Å². The molecule has 4 aliphatic carbocycles. The Bertz CT molecular complexity index is 929. The van der Waals surface area contributed by atoms with E-state index in [4.69, 9.17) is 0 Å². The molecule has 1 aliphatic heterocycles. The van der Waals surface area contributed by atoms with Crippen LogP contribution in [-0.4, -0.2) is 72.3 Å². The Morgan fingerprint density at radius 1 is 1.06 bits per heavy atom. The Labute approximate surface area is 220 Å². The number of carbonyl (C=O) groups is 2. The van der Waals surface area contributed by atoms with Crippen LogP contribution in [0, 0.1) is 40.4 Å². The standard InChI is InChI=1S/C31H51N3O2/c1-19(2)28(33(7)21(4)35)29(36)34(8)23-13-15-30(5)22(17-23)9-10-24-26(30)14-16-31-18-32(6)20(3)25(31)11-12-27(24)31/h9,19-20,23-28H,10-18H2,1-8H3/t20-,23-,24+,25+,26?,27-,28+,30-,31-/m0/s1. The largest absolute Gasteiger partial charge is 0.341 e. The summed E-state index contributed by atoms with van der Waals surface area (Å²) >= 11 is 0. The molecule has 9 atom stereocenters. The molecule has 36 heavy (non-hydrogen) atoms. The number of hydrogen-bond acceptors (Lipinski definition) is 3. The van der Waals surface area contributed by atoms with Gasteiger partial charge in [-0.25, -0.2) is 0 Å². The lowest BCUT2D eigenvalue weighted by Crippen LogP contribution is -2.55. The molecule has 1 unspecified atom stereocenters. The molecule has 1 heterocycles. The van der Waals surface area contributed by atoms with Crippen molar-refractivity contribution in [2.24, 2.45) is 40.4 Å². The number of amides is 2. The molecule has 2 amide bonds. The fraction of sp³-hybridized carbons (Fsp3) is 0.871. The van der Waals surface area contributed by atoms with Crippen molar-refractivity contribution >= 4 is 11.8 Å². The van der Waals surface area contributed by atoms with E-state index >= 15 is 0 Å². The summed E-state index contributed by atoms with van der Waals surface area (Å²) in [5, 5.41) is 0. The van der Waals surface area contributed by atoms with Crippen molar-refractivity contribution in [3.05, 3.63) is 11.6 Å². The lowest BCUT2D eigenvalue weighted by molar-refractivity contribution is -0.146. The number of hydrogen-bond donors (Lipinski definition) is 0. The second kappa shape index (κ2) is 9.13. The predicted molar refractivity (Wildman–Crippen MR) is 145 cm³/mol. The van der Waals surface area contributed by atoms with Crippen molar-refractivity contribution in [1.82, 2.24) is 14.7 Å². The summed E-state index contributed by atoms with van der Waals surface area (Å²) in [7, 11) is 6.11. The van der Waals surface area contributed by atoms with Gasteiger partial charge in [0, 0.05) is 39.6 Å². The Hall–Kier alpha value is -1.36. The average molecular weight is 498 g/mol. The maximum atomic E-state index is 13.6. The molecular formula is C31H51N3O2. The highest BCUT2D eigenvalue weighted by Gasteiger charge is 2.64. The van der Waals surface area contributed by atoms with Crippen molar-refractivity contribution < 1.29 is 9.59 Å². The molecule has 5 nitrogen and oxygen atoms in total. The van der Waals surface area contributed by atoms with Gasteiger partial charge in [0.05, 0.1) is 0 Å². The first-order valence-electron chi connectivity index (χ1n) is 14.8. The predicted octanol–water partition coefficient (Wildman–Crippen LogP) is 5.21. The van der Waals surface area contributed by atoms with Crippen LogP contribution in [0.4, 0.5) is 0 Å². The van der Waals surface area contributed by atoms with E-state index in [1.165, 1.54) is 45.1 Å². The topological polar surface area (TPSA) is 43.9 Å². The van der Waals surface area contributed by atoms with Gasteiger partial charge in [-0.1, -0.05) is 32.4 Å². The Kier molecular flexibility index (Phi) is 6.66. The van der Waals surface area contributed by atoms with Crippen molar-refractivity contribution in [3.63, 3.8) is 0 Å². The minimum Gasteiger partial charge on any atom is -0.341 e. The van der Waals surface area contributed by atoms with Crippen LogP contribution in [0.1, 0.15) is 86.0 Å². The van der Waals surface area contributed by atoms with E-state index in [0.29, 0.717) is 10.8 Å². The van der Waals surface area contributed by atoms with Crippen LogP contribution >= 0.6 is 0 Å². The highest BCUT2D eigenvalue weighted by Crippen LogP contribution is 2.68. The number of nitrogens with zero attached hydrogens (tertiary/aromatic N) is 3. The van der Waals surface area contributed by atoms with E-state index in [9.17, 15) is 9.59 Å². The Morgan fingerprint density at radius 2 is 1.75 bits per heavy atom. The summed E-state index contributed by atoms with van der Waals surface area (Å²) < 4.78 is 0. The van der Waals surface area contributed by atoms with E-state index < -0.39 is 0 Å². The molecule has 202 valence electrons. The molecule has 3 saturated carbocycles. The minimum absolute atomic E-state index is 0.0419. The number of fused-ring (bicyclic) bond motifs is 4. The lowest BCUT2D eigenvalue weighted by atomic mass is 9.47.